The quantitative estimate of drug-likeness (QED) is 0.812. The molecule has 8 heteroatoms. The summed E-state index contributed by atoms with van der Waals surface area (Å²) in [6, 6.07) is 4.43. The molecule has 2 N–H and O–H groups in total. The number of halogens is 2. The molecule has 23 heavy (non-hydrogen) atoms. The smallest absolute Gasteiger partial charge is 0.303 e. The zero-order valence-electron chi connectivity index (χ0n) is 12.1. The summed E-state index contributed by atoms with van der Waals surface area (Å²) in [7, 11) is 0. The Labute approximate surface area is 136 Å². The molecule has 2 aromatic rings. The second-order valence-electron chi connectivity index (χ2n) is 4.92. The van der Waals surface area contributed by atoms with Crippen molar-refractivity contribution in [3.63, 3.8) is 0 Å². The van der Waals surface area contributed by atoms with Gasteiger partial charge in [0.05, 0.1) is 18.4 Å². The number of nitrogens with one attached hydrogen (secondary N) is 1. The van der Waals surface area contributed by atoms with Crippen LogP contribution in [0.15, 0.2) is 30.6 Å². The maximum absolute atomic E-state index is 13.7. The number of hydrogen-bond acceptors (Lipinski definition) is 3. The number of carboxylic acid groups (broad SMARTS) is 1. The highest BCUT2D eigenvalue weighted by molar-refractivity contribution is 6.31. The second kappa shape index (κ2) is 7.73. The molecule has 0 saturated heterocycles. The van der Waals surface area contributed by atoms with Gasteiger partial charge in [0.15, 0.2) is 0 Å². The van der Waals surface area contributed by atoms with Crippen molar-refractivity contribution in [1.82, 2.24) is 9.78 Å². The van der Waals surface area contributed by atoms with Gasteiger partial charge in [-0.1, -0.05) is 17.7 Å². The van der Waals surface area contributed by atoms with E-state index in [0.717, 1.165) is 0 Å². The van der Waals surface area contributed by atoms with Gasteiger partial charge in [-0.3, -0.25) is 14.3 Å². The molecular weight excluding hydrogens is 325 g/mol. The highest BCUT2D eigenvalue weighted by Gasteiger charge is 2.10. The summed E-state index contributed by atoms with van der Waals surface area (Å²) < 4.78 is 15.2. The van der Waals surface area contributed by atoms with Gasteiger partial charge in [0.1, 0.15) is 5.82 Å². The molecule has 1 amide bonds. The summed E-state index contributed by atoms with van der Waals surface area (Å²) in [5.41, 5.74) is 0.773. The Kier molecular flexibility index (Phi) is 5.70. The first kappa shape index (κ1) is 17.0. The SMILES string of the molecule is O=C(O)CCCC(=O)Nc1cnn(Cc2c(F)cccc2Cl)c1. The Bertz CT molecular complexity index is 697. The second-order valence-corrected chi connectivity index (χ2v) is 5.33. The highest BCUT2D eigenvalue weighted by atomic mass is 35.5. The average molecular weight is 340 g/mol. The van der Waals surface area contributed by atoms with Crippen LogP contribution in [0.25, 0.3) is 0 Å². The number of amides is 1. The Balaban J connectivity index is 1.93. The number of anilines is 1. The molecular formula is C15H15ClFN3O3. The van der Waals surface area contributed by atoms with E-state index in [0.29, 0.717) is 16.3 Å². The molecule has 1 aromatic carbocycles. The number of carbonyl (C=O) groups is 2. The third-order valence-electron chi connectivity index (χ3n) is 3.09. The maximum atomic E-state index is 13.7. The van der Waals surface area contributed by atoms with Gasteiger partial charge in [-0.25, -0.2) is 4.39 Å². The number of hydrogen-bond donors (Lipinski definition) is 2. The molecule has 0 bridgehead atoms. The van der Waals surface area contributed by atoms with Gasteiger partial charge in [0, 0.05) is 29.6 Å². The molecule has 6 nitrogen and oxygen atoms in total. The van der Waals surface area contributed by atoms with E-state index in [-0.39, 0.29) is 31.7 Å². The molecule has 0 saturated carbocycles. The van der Waals surface area contributed by atoms with Crippen molar-refractivity contribution in [1.29, 1.82) is 0 Å². The fourth-order valence-corrected chi connectivity index (χ4v) is 2.21. The molecule has 122 valence electrons. The molecule has 0 aliphatic carbocycles. The van der Waals surface area contributed by atoms with Crippen LogP contribution in [0.3, 0.4) is 0 Å². The minimum atomic E-state index is -0.938. The summed E-state index contributed by atoms with van der Waals surface area (Å²) in [6.07, 6.45) is 3.30. The van der Waals surface area contributed by atoms with E-state index in [1.807, 2.05) is 0 Å². The summed E-state index contributed by atoms with van der Waals surface area (Å²) >= 11 is 5.95. The first-order valence-electron chi connectivity index (χ1n) is 6.92. The zero-order chi connectivity index (χ0) is 16.8. The van der Waals surface area contributed by atoms with E-state index in [1.165, 1.54) is 23.0 Å². The number of carboxylic acids is 1. The van der Waals surface area contributed by atoms with Gasteiger partial charge in [0.2, 0.25) is 5.91 Å². The Morgan fingerprint density at radius 1 is 1.35 bits per heavy atom. The molecule has 0 radical (unpaired) electrons. The van der Waals surface area contributed by atoms with Crippen LogP contribution in [0.4, 0.5) is 10.1 Å². The van der Waals surface area contributed by atoms with Gasteiger partial charge in [0.25, 0.3) is 0 Å². The minimum absolute atomic E-state index is 0.0571. The van der Waals surface area contributed by atoms with E-state index in [9.17, 15) is 14.0 Å². The first-order chi connectivity index (χ1) is 11.0. The largest absolute Gasteiger partial charge is 0.481 e. The third-order valence-corrected chi connectivity index (χ3v) is 3.45. The van der Waals surface area contributed by atoms with Crippen LogP contribution in [0.2, 0.25) is 5.02 Å². The first-order valence-corrected chi connectivity index (χ1v) is 7.30. The van der Waals surface area contributed by atoms with Crippen LogP contribution >= 0.6 is 11.6 Å². The lowest BCUT2D eigenvalue weighted by molar-refractivity contribution is -0.137. The normalized spacial score (nSPS) is 10.5. The Hall–Kier alpha value is -2.41. The van der Waals surface area contributed by atoms with E-state index >= 15 is 0 Å². The van der Waals surface area contributed by atoms with Crippen LogP contribution in [0.5, 0.6) is 0 Å². The van der Waals surface area contributed by atoms with Crippen LogP contribution < -0.4 is 5.32 Å². The van der Waals surface area contributed by atoms with Crippen LogP contribution in [-0.2, 0) is 16.1 Å². The van der Waals surface area contributed by atoms with Crippen molar-refractivity contribution in [3.8, 4) is 0 Å². The number of nitrogens with zero attached hydrogens (tertiary/aromatic N) is 2. The highest BCUT2D eigenvalue weighted by Crippen LogP contribution is 2.20. The number of benzene rings is 1. The fourth-order valence-electron chi connectivity index (χ4n) is 1.98. The Morgan fingerprint density at radius 2 is 2.13 bits per heavy atom. The predicted molar refractivity (Wildman–Crippen MR) is 82.9 cm³/mol. The number of aromatic nitrogens is 2. The van der Waals surface area contributed by atoms with E-state index in [2.05, 4.69) is 10.4 Å². The summed E-state index contributed by atoms with van der Waals surface area (Å²) in [6.45, 7) is 0.139. The molecule has 0 atom stereocenters. The van der Waals surface area contributed by atoms with Crippen LogP contribution in [0, 0.1) is 5.82 Å². The van der Waals surface area contributed by atoms with Crippen molar-refractivity contribution < 1.29 is 19.1 Å². The van der Waals surface area contributed by atoms with E-state index < -0.39 is 11.8 Å². The summed E-state index contributed by atoms with van der Waals surface area (Å²) in [5, 5.41) is 15.5. The summed E-state index contributed by atoms with van der Waals surface area (Å²) in [4.78, 5) is 22.0. The van der Waals surface area contributed by atoms with Gasteiger partial charge < -0.3 is 10.4 Å². The van der Waals surface area contributed by atoms with Crippen molar-refractivity contribution in [2.24, 2.45) is 0 Å². The van der Waals surface area contributed by atoms with Crippen molar-refractivity contribution in [2.45, 2.75) is 25.8 Å². The summed E-state index contributed by atoms with van der Waals surface area (Å²) in [5.74, 6) is -1.66. The average Bonchev–Trinajstić information content (AvgIpc) is 2.90. The topological polar surface area (TPSA) is 84.2 Å². The standard InChI is InChI=1S/C15H15ClFN3O3/c16-12-3-1-4-13(17)11(12)9-20-8-10(7-18-20)19-14(21)5-2-6-15(22)23/h1,3-4,7-8H,2,5-6,9H2,(H,19,21)(H,22,23). The Morgan fingerprint density at radius 3 is 2.83 bits per heavy atom. The van der Waals surface area contributed by atoms with Gasteiger partial charge in [-0.2, -0.15) is 5.10 Å². The minimum Gasteiger partial charge on any atom is -0.481 e. The van der Waals surface area contributed by atoms with Crippen LogP contribution in [-0.4, -0.2) is 26.8 Å². The number of aliphatic carboxylic acids is 1. The van der Waals surface area contributed by atoms with Crippen molar-refractivity contribution >= 4 is 29.2 Å². The van der Waals surface area contributed by atoms with E-state index in [1.54, 1.807) is 12.3 Å². The van der Waals surface area contributed by atoms with E-state index in [4.69, 9.17) is 16.7 Å². The third kappa shape index (κ3) is 5.07. The molecule has 1 aromatic heterocycles. The molecule has 0 spiro atoms. The number of carbonyl (C=O) groups excluding carboxylic acids is 1. The lowest BCUT2D eigenvalue weighted by Crippen LogP contribution is -2.11. The monoisotopic (exact) mass is 339 g/mol. The molecule has 2 rings (SSSR count). The van der Waals surface area contributed by atoms with Crippen molar-refractivity contribution in [3.05, 3.63) is 47.0 Å². The lowest BCUT2D eigenvalue weighted by atomic mass is 10.2. The van der Waals surface area contributed by atoms with Crippen molar-refractivity contribution in [2.75, 3.05) is 5.32 Å². The lowest BCUT2D eigenvalue weighted by Gasteiger charge is -2.05. The van der Waals surface area contributed by atoms with Gasteiger partial charge in [-0.05, 0) is 18.6 Å². The van der Waals surface area contributed by atoms with Crippen LogP contribution in [0.1, 0.15) is 24.8 Å². The zero-order valence-corrected chi connectivity index (χ0v) is 12.9. The fraction of sp³-hybridized carbons (Fsp3) is 0.267. The molecule has 0 aliphatic rings. The molecule has 0 unspecified atom stereocenters. The molecule has 0 fully saturated rings. The molecule has 0 aliphatic heterocycles. The number of rotatable bonds is 7. The maximum Gasteiger partial charge on any atom is 0.303 e. The van der Waals surface area contributed by atoms with Gasteiger partial charge >= 0.3 is 5.97 Å². The molecule has 1 heterocycles. The van der Waals surface area contributed by atoms with Gasteiger partial charge in [-0.15, -0.1) is 0 Å². The predicted octanol–water partition coefficient (Wildman–Crippen LogP) is 2.92.